The molecule has 0 aromatic rings. The Morgan fingerprint density at radius 1 is 1.22 bits per heavy atom. The van der Waals surface area contributed by atoms with Gasteiger partial charge in [-0.1, -0.05) is 34.6 Å². The maximum atomic E-state index is 12.5. The van der Waals surface area contributed by atoms with Gasteiger partial charge in [0, 0.05) is 13.6 Å². The van der Waals surface area contributed by atoms with Gasteiger partial charge >= 0.3 is 0 Å². The van der Waals surface area contributed by atoms with Crippen LogP contribution in [0, 0.1) is 17.3 Å². The lowest BCUT2D eigenvalue weighted by molar-refractivity contribution is -0.137. The van der Waals surface area contributed by atoms with Crippen molar-refractivity contribution in [3.63, 3.8) is 0 Å². The van der Waals surface area contributed by atoms with Gasteiger partial charge in [-0.15, -0.1) is 0 Å². The van der Waals surface area contributed by atoms with Crippen LogP contribution in [0.25, 0.3) is 0 Å². The first-order valence-electron chi connectivity index (χ1n) is 6.60. The topological polar surface area (TPSA) is 37.4 Å². The molecule has 3 heteroatoms. The molecule has 0 spiro atoms. The lowest BCUT2D eigenvalue weighted by atomic mass is 9.78. The Bertz CT molecular complexity index is 399. The smallest absolute Gasteiger partial charge is 0.233 e. The molecule has 0 bridgehead atoms. The number of carbonyl (C=O) groups excluding carboxylic acids is 2. The Kier molecular flexibility index (Phi) is 4.04. The van der Waals surface area contributed by atoms with Gasteiger partial charge in [0.1, 0.15) is 0 Å². The van der Waals surface area contributed by atoms with E-state index in [1.165, 1.54) is 0 Å². The molecule has 0 saturated carbocycles. The van der Waals surface area contributed by atoms with Crippen LogP contribution in [0.1, 0.15) is 41.5 Å². The zero-order valence-corrected chi connectivity index (χ0v) is 12.6. The van der Waals surface area contributed by atoms with Gasteiger partial charge in [-0.2, -0.15) is 0 Å². The molecule has 0 saturated heterocycles. The lowest BCUT2D eigenvalue weighted by Crippen LogP contribution is -2.34. The summed E-state index contributed by atoms with van der Waals surface area (Å²) in [4.78, 5) is 26.2. The third kappa shape index (κ3) is 2.65. The van der Waals surface area contributed by atoms with Crippen molar-refractivity contribution in [3.8, 4) is 0 Å². The van der Waals surface area contributed by atoms with Crippen molar-refractivity contribution in [2.75, 3.05) is 13.6 Å². The van der Waals surface area contributed by atoms with Crippen LogP contribution in [0.4, 0.5) is 0 Å². The van der Waals surface area contributed by atoms with E-state index < -0.39 is 5.92 Å². The van der Waals surface area contributed by atoms with Crippen molar-refractivity contribution in [1.82, 2.24) is 4.90 Å². The Balaban J connectivity index is 3.44. The average molecular weight is 251 g/mol. The van der Waals surface area contributed by atoms with E-state index in [0.717, 1.165) is 11.1 Å². The highest BCUT2D eigenvalue weighted by atomic mass is 16.2. The highest BCUT2D eigenvalue weighted by Gasteiger charge is 2.37. The highest BCUT2D eigenvalue weighted by molar-refractivity contribution is 6.11. The molecule has 0 fully saturated rings. The number of Topliss-reactive ketones (excluding diaryl/α,β-unsaturated/α-hetero) is 1. The van der Waals surface area contributed by atoms with Gasteiger partial charge in [0.05, 0.1) is 5.92 Å². The summed E-state index contributed by atoms with van der Waals surface area (Å²) in [7, 11) is 1.78. The monoisotopic (exact) mass is 251 g/mol. The fourth-order valence-corrected chi connectivity index (χ4v) is 2.50. The van der Waals surface area contributed by atoms with E-state index in [2.05, 4.69) is 20.8 Å². The number of hydrogen-bond acceptors (Lipinski definition) is 2. The number of allylic oxidation sites excluding steroid dienone is 1. The molecule has 1 aliphatic heterocycles. The maximum Gasteiger partial charge on any atom is 0.233 e. The summed E-state index contributed by atoms with van der Waals surface area (Å²) >= 11 is 0. The molecular formula is C15H25NO2. The summed E-state index contributed by atoms with van der Waals surface area (Å²) in [5.74, 6) is -0.456. The number of likely N-dealkylation sites (N-methyl/N-ethyl adjacent to an activating group) is 1. The summed E-state index contributed by atoms with van der Waals surface area (Å²) in [5.41, 5.74) is 1.86. The van der Waals surface area contributed by atoms with Crippen LogP contribution in [0.2, 0.25) is 0 Å². The van der Waals surface area contributed by atoms with Gasteiger partial charge in [0.25, 0.3) is 0 Å². The predicted octanol–water partition coefficient (Wildman–Crippen LogP) is 2.66. The average Bonchev–Trinajstić information content (AvgIpc) is 2.30. The first-order chi connectivity index (χ1) is 8.07. The summed E-state index contributed by atoms with van der Waals surface area (Å²) in [6, 6.07) is 0. The predicted molar refractivity (Wildman–Crippen MR) is 73.1 cm³/mol. The maximum absolute atomic E-state index is 12.5. The fraction of sp³-hybridized carbons (Fsp3) is 0.733. The fourth-order valence-electron chi connectivity index (χ4n) is 2.50. The first kappa shape index (κ1) is 14.9. The second-order valence-corrected chi connectivity index (χ2v) is 6.58. The minimum absolute atomic E-state index is 0.00396. The minimum atomic E-state index is -0.549. The second-order valence-electron chi connectivity index (χ2n) is 6.58. The van der Waals surface area contributed by atoms with Crippen molar-refractivity contribution < 1.29 is 9.59 Å². The molecule has 0 aliphatic carbocycles. The third-order valence-electron chi connectivity index (χ3n) is 3.61. The van der Waals surface area contributed by atoms with Crippen LogP contribution in [0.5, 0.6) is 0 Å². The Morgan fingerprint density at radius 2 is 1.72 bits per heavy atom. The summed E-state index contributed by atoms with van der Waals surface area (Å²) in [6.45, 7) is 12.6. The van der Waals surface area contributed by atoms with Crippen LogP contribution >= 0.6 is 0 Å². The molecular weight excluding hydrogens is 226 g/mol. The summed E-state index contributed by atoms with van der Waals surface area (Å²) in [5, 5.41) is 0. The van der Waals surface area contributed by atoms with Gasteiger partial charge in [-0.05, 0) is 29.4 Å². The van der Waals surface area contributed by atoms with E-state index in [-0.39, 0.29) is 23.0 Å². The molecule has 1 heterocycles. The third-order valence-corrected chi connectivity index (χ3v) is 3.61. The SMILES string of the molecule is CC(C)C1=C(C(C)(C)C)CN(C)C(=O)C(C)C1=O. The highest BCUT2D eigenvalue weighted by Crippen LogP contribution is 2.35. The van der Waals surface area contributed by atoms with E-state index >= 15 is 0 Å². The molecule has 102 valence electrons. The molecule has 1 amide bonds. The van der Waals surface area contributed by atoms with Crippen molar-refractivity contribution in [2.45, 2.75) is 41.5 Å². The molecule has 0 aromatic carbocycles. The number of ketones is 1. The van der Waals surface area contributed by atoms with E-state index in [4.69, 9.17) is 0 Å². The number of hydrogen-bond donors (Lipinski definition) is 0. The summed E-state index contributed by atoms with van der Waals surface area (Å²) in [6.07, 6.45) is 0. The zero-order valence-electron chi connectivity index (χ0n) is 12.6. The molecule has 3 nitrogen and oxygen atoms in total. The van der Waals surface area contributed by atoms with Crippen molar-refractivity contribution in [1.29, 1.82) is 0 Å². The molecule has 1 unspecified atom stereocenters. The van der Waals surface area contributed by atoms with Crippen molar-refractivity contribution >= 4 is 11.7 Å². The molecule has 18 heavy (non-hydrogen) atoms. The minimum Gasteiger partial charge on any atom is -0.341 e. The first-order valence-corrected chi connectivity index (χ1v) is 6.60. The van der Waals surface area contributed by atoms with Crippen molar-refractivity contribution in [2.24, 2.45) is 17.3 Å². The molecule has 0 N–H and O–H groups in total. The Morgan fingerprint density at radius 3 is 2.11 bits per heavy atom. The van der Waals surface area contributed by atoms with Gasteiger partial charge in [-0.3, -0.25) is 9.59 Å². The summed E-state index contributed by atoms with van der Waals surface area (Å²) < 4.78 is 0. The molecule has 0 aromatic heterocycles. The number of carbonyl (C=O) groups is 2. The lowest BCUT2D eigenvalue weighted by Gasteiger charge is -2.29. The molecule has 1 rings (SSSR count). The van der Waals surface area contributed by atoms with Crippen LogP contribution in [0.15, 0.2) is 11.1 Å². The van der Waals surface area contributed by atoms with Crippen molar-refractivity contribution in [3.05, 3.63) is 11.1 Å². The van der Waals surface area contributed by atoms with E-state index in [9.17, 15) is 9.59 Å². The normalized spacial score (nSPS) is 22.9. The van der Waals surface area contributed by atoms with E-state index in [1.807, 2.05) is 13.8 Å². The largest absolute Gasteiger partial charge is 0.341 e. The second kappa shape index (κ2) is 4.87. The standard InChI is InChI=1S/C15H25NO2/c1-9(2)12-11(15(4,5)6)8-16(7)14(18)10(3)13(12)17/h9-10H,8H2,1-7H3. The number of rotatable bonds is 1. The zero-order chi connectivity index (χ0) is 14.2. The van der Waals surface area contributed by atoms with E-state index in [1.54, 1.807) is 18.9 Å². The van der Waals surface area contributed by atoms with Crippen LogP contribution in [0.3, 0.4) is 0 Å². The molecule has 0 radical (unpaired) electrons. The number of nitrogens with zero attached hydrogens (tertiary/aromatic N) is 1. The number of amides is 1. The van der Waals surface area contributed by atoms with Gasteiger partial charge < -0.3 is 4.90 Å². The quantitative estimate of drug-likeness (QED) is 0.672. The molecule has 1 atom stereocenters. The Hall–Kier alpha value is -1.12. The van der Waals surface area contributed by atoms with Crippen LogP contribution in [-0.2, 0) is 9.59 Å². The van der Waals surface area contributed by atoms with Crippen LogP contribution in [-0.4, -0.2) is 30.2 Å². The van der Waals surface area contributed by atoms with Gasteiger partial charge in [-0.25, -0.2) is 0 Å². The molecule has 1 aliphatic rings. The van der Waals surface area contributed by atoms with Gasteiger partial charge in [0.2, 0.25) is 5.91 Å². The van der Waals surface area contributed by atoms with E-state index in [0.29, 0.717) is 6.54 Å². The Labute approximate surface area is 110 Å². The van der Waals surface area contributed by atoms with Crippen LogP contribution < -0.4 is 0 Å². The van der Waals surface area contributed by atoms with Gasteiger partial charge in [0.15, 0.2) is 5.78 Å².